The van der Waals surface area contributed by atoms with E-state index in [1.807, 2.05) is 6.92 Å². The molecule has 4 rings (SSSR count). The van der Waals surface area contributed by atoms with Gasteiger partial charge in [0.05, 0.1) is 28.3 Å². The fraction of sp³-hybridized carbons (Fsp3) is 0.0952. The third kappa shape index (κ3) is 3.50. The molecule has 0 saturated heterocycles. The zero-order chi connectivity index (χ0) is 20.6. The summed E-state index contributed by atoms with van der Waals surface area (Å²) in [7, 11) is -3.91. The Morgan fingerprint density at radius 2 is 1.72 bits per heavy atom. The first-order valence-corrected chi connectivity index (χ1v) is 10.3. The molecule has 1 aliphatic rings. The van der Waals surface area contributed by atoms with Crippen LogP contribution in [0, 0.1) is 6.92 Å². The molecule has 2 aromatic carbocycles. The monoisotopic (exact) mass is 407 g/mol. The Balaban J connectivity index is 1.67. The van der Waals surface area contributed by atoms with Crippen LogP contribution in [0.25, 0.3) is 0 Å². The van der Waals surface area contributed by atoms with E-state index in [2.05, 4.69) is 9.71 Å². The predicted molar refractivity (Wildman–Crippen MR) is 107 cm³/mol. The third-order valence-corrected chi connectivity index (χ3v) is 6.02. The molecule has 0 unspecified atom stereocenters. The average molecular weight is 407 g/mol. The van der Waals surface area contributed by atoms with Crippen LogP contribution < -0.4 is 4.72 Å². The summed E-state index contributed by atoms with van der Waals surface area (Å²) in [5.74, 6) is -1.01. The van der Waals surface area contributed by atoms with Crippen molar-refractivity contribution in [2.75, 3.05) is 4.72 Å². The van der Waals surface area contributed by atoms with Crippen LogP contribution in [0.5, 0.6) is 0 Å². The van der Waals surface area contributed by atoms with Crippen molar-refractivity contribution in [3.05, 3.63) is 89.2 Å². The molecule has 0 atom stereocenters. The molecule has 1 N–H and O–H groups in total. The maximum Gasteiger partial charge on any atom is 0.264 e. The minimum absolute atomic E-state index is 0.0528. The van der Waals surface area contributed by atoms with E-state index < -0.39 is 21.8 Å². The van der Waals surface area contributed by atoms with Crippen molar-refractivity contribution >= 4 is 27.5 Å². The van der Waals surface area contributed by atoms with Gasteiger partial charge in [-0.3, -0.25) is 24.2 Å². The molecular formula is C21H17N3O4S. The highest BCUT2D eigenvalue weighted by atomic mass is 32.2. The summed E-state index contributed by atoms with van der Waals surface area (Å²) in [6.07, 6.45) is 3.17. The molecule has 0 saturated carbocycles. The first kappa shape index (κ1) is 18.8. The van der Waals surface area contributed by atoms with E-state index in [1.54, 1.807) is 42.7 Å². The fourth-order valence-corrected chi connectivity index (χ4v) is 4.23. The molecule has 7 nitrogen and oxygen atoms in total. The summed E-state index contributed by atoms with van der Waals surface area (Å²) in [6, 6.07) is 14.4. The fourth-order valence-electron chi connectivity index (χ4n) is 3.16. The summed E-state index contributed by atoms with van der Waals surface area (Å²) >= 11 is 0. The summed E-state index contributed by atoms with van der Waals surface area (Å²) in [4.78, 5) is 30.8. The van der Waals surface area contributed by atoms with Crippen LogP contribution in [-0.4, -0.2) is 30.1 Å². The van der Waals surface area contributed by atoms with E-state index in [0.29, 0.717) is 5.56 Å². The molecule has 0 radical (unpaired) electrons. The maximum absolute atomic E-state index is 12.9. The van der Waals surface area contributed by atoms with Crippen molar-refractivity contribution < 1.29 is 18.0 Å². The minimum atomic E-state index is -3.91. The second-order valence-corrected chi connectivity index (χ2v) is 8.39. The number of hydrogen-bond donors (Lipinski definition) is 1. The van der Waals surface area contributed by atoms with Crippen molar-refractivity contribution in [3.63, 3.8) is 0 Å². The van der Waals surface area contributed by atoms with Crippen LogP contribution in [0.15, 0.2) is 71.9 Å². The Bertz CT molecular complexity index is 1210. The van der Waals surface area contributed by atoms with Gasteiger partial charge in [0, 0.05) is 12.4 Å². The molecule has 0 aliphatic carbocycles. The number of sulfonamides is 1. The first-order chi connectivity index (χ1) is 13.9. The Labute approximate surface area is 168 Å². The predicted octanol–water partition coefficient (Wildman–Crippen LogP) is 2.99. The van der Waals surface area contributed by atoms with Gasteiger partial charge in [0.15, 0.2) is 0 Å². The van der Waals surface area contributed by atoms with Crippen molar-refractivity contribution in [1.29, 1.82) is 0 Å². The summed E-state index contributed by atoms with van der Waals surface area (Å²) < 4.78 is 27.9. The topological polar surface area (TPSA) is 96.4 Å². The van der Waals surface area contributed by atoms with Gasteiger partial charge in [-0.25, -0.2) is 8.42 Å². The lowest BCUT2D eigenvalue weighted by atomic mass is 10.1. The highest BCUT2D eigenvalue weighted by Crippen LogP contribution is 2.31. The molecule has 1 aromatic heterocycles. The van der Waals surface area contributed by atoms with Crippen LogP contribution in [0.2, 0.25) is 0 Å². The Kier molecular flexibility index (Phi) is 4.63. The molecule has 0 fully saturated rings. The van der Waals surface area contributed by atoms with Gasteiger partial charge in [0.25, 0.3) is 21.8 Å². The summed E-state index contributed by atoms with van der Waals surface area (Å²) in [6.45, 7) is 1.92. The number of aryl methyl sites for hydroxylation is 1. The number of carbonyl (C=O) groups excluding carboxylic acids is 2. The Morgan fingerprint density at radius 3 is 2.41 bits per heavy atom. The van der Waals surface area contributed by atoms with E-state index in [1.165, 1.54) is 24.3 Å². The number of carbonyl (C=O) groups is 2. The van der Waals surface area contributed by atoms with E-state index >= 15 is 0 Å². The van der Waals surface area contributed by atoms with Crippen molar-refractivity contribution in [1.82, 2.24) is 9.88 Å². The average Bonchev–Trinajstić information content (AvgIpc) is 2.95. The number of amides is 2. The largest absolute Gasteiger partial charge is 0.279 e. The zero-order valence-electron chi connectivity index (χ0n) is 15.5. The lowest BCUT2D eigenvalue weighted by Crippen LogP contribution is -2.29. The first-order valence-electron chi connectivity index (χ1n) is 8.84. The number of nitrogens with one attached hydrogen (secondary N) is 1. The molecule has 146 valence electrons. The molecule has 2 amide bonds. The number of anilines is 1. The van der Waals surface area contributed by atoms with E-state index in [9.17, 15) is 18.0 Å². The van der Waals surface area contributed by atoms with Gasteiger partial charge in [-0.15, -0.1) is 0 Å². The van der Waals surface area contributed by atoms with Gasteiger partial charge >= 0.3 is 0 Å². The number of benzene rings is 2. The van der Waals surface area contributed by atoms with E-state index in [4.69, 9.17) is 0 Å². The number of pyridine rings is 1. The lowest BCUT2D eigenvalue weighted by molar-refractivity contribution is 0.0642. The number of hydrogen-bond acceptors (Lipinski definition) is 5. The van der Waals surface area contributed by atoms with Gasteiger partial charge in [0.2, 0.25) is 0 Å². The van der Waals surface area contributed by atoms with Gasteiger partial charge < -0.3 is 0 Å². The normalized spacial score (nSPS) is 13.5. The van der Waals surface area contributed by atoms with Crippen LogP contribution >= 0.6 is 0 Å². The SMILES string of the molecule is Cc1ccc(S(=O)(=O)Nc2cccc3c2C(=O)N(Cc2cccnc2)C3=O)cc1. The van der Waals surface area contributed by atoms with Crippen LogP contribution in [0.4, 0.5) is 5.69 Å². The number of fused-ring (bicyclic) bond motifs is 1. The highest BCUT2D eigenvalue weighted by molar-refractivity contribution is 7.92. The Hall–Kier alpha value is -3.52. The molecule has 0 bridgehead atoms. The number of imide groups is 1. The van der Waals surface area contributed by atoms with Crippen molar-refractivity contribution in [2.24, 2.45) is 0 Å². The number of rotatable bonds is 5. The summed E-state index contributed by atoms with van der Waals surface area (Å²) in [5.41, 5.74) is 1.93. The molecule has 2 heterocycles. The number of aromatic nitrogens is 1. The van der Waals surface area contributed by atoms with E-state index in [-0.39, 0.29) is 28.3 Å². The minimum Gasteiger partial charge on any atom is -0.279 e. The van der Waals surface area contributed by atoms with Crippen LogP contribution in [0.1, 0.15) is 31.8 Å². The standard InChI is InChI=1S/C21H17N3O4S/c1-14-7-9-16(10-8-14)29(27,28)23-18-6-2-5-17-19(18)21(26)24(20(17)25)13-15-4-3-11-22-12-15/h2-12,23H,13H2,1H3. The molecule has 8 heteroatoms. The van der Waals surface area contributed by atoms with Crippen LogP contribution in [0.3, 0.4) is 0 Å². The van der Waals surface area contributed by atoms with Gasteiger partial charge in [-0.1, -0.05) is 29.8 Å². The quantitative estimate of drug-likeness (QED) is 0.656. The number of nitrogens with zero attached hydrogens (tertiary/aromatic N) is 2. The van der Waals surface area contributed by atoms with Crippen molar-refractivity contribution in [2.45, 2.75) is 18.4 Å². The van der Waals surface area contributed by atoms with Crippen LogP contribution in [-0.2, 0) is 16.6 Å². The molecule has 29 heavy (non-hydrogen) atoms. The maximum atomic E-state index is 12.9. The second-order valence-electron chi connectivity index (χ2n) is 6.70. The Morgan fingerprint density at radius 1 is 0.966 bits per heavy atom. The molecule has 1 aliphatic heterocycles. The smallest absolute Gasteiger partial charge is 0.264 e. The highest BCUT2D eigenvalue weighted by Gasteiger charge is 2.38. The van der Waals surface area contributed by atoms with Crippen molar-refractivity contribution in [3.8, 4) is 0 Å². The van der Waals surface area contributed by atoms with Gasteiger partial charge in [-0.05, 0) is 42.8 Å². The molecule has 3 aromatic rings. The lowest BCUT2D eigenvalue weighted by Gasteiger charge is -2.14. The summed E-state index contributed by atoms with van der Waals surface area (Å²) in [5, 5.41) is 0. The molecular weight excluding hydrogens is 390 g/mol. The molecule has 0 spiro atoms. The van der Waals surface area contributed by atoms with Gasteiger partial charge in [0.1, 0.15) is 0 Å². The zero-order valence-corrected chi connectivity index (χ0v) is 16.3. The van der Waals surface area contributed by atoms with Gasteiger partial charge in [-0.2, -0.15) is 0 Å². The van der Waals surface area contributed by atoms with E-state index in [0.717, 1.165) is 10.5 Å². The third-order valence-electron chi connectivity index (χ3n) is 4.64. The second kappa shape index (κ2) is 7.14.